The molecule has 3 aromatic carbocycles. The molecule has 0 unspecified atom stereocenters. The molecule has 0 spiro atoms. The molecule has 5 aromatic rings. The molecular weight excluding hydrogens is 455 g/mol. The van der Waals surface area contributed by atoms with E-state index < -0.39 is 0 Å². The molecule has 1 amide bonds. The van der Waals surface area contributed by atoms with Crippen molar-refractivity contribution in [2.45, 2.75) is 25.3 Å². The molecule has 0 saturated heterocycles. The van der Waals surface area contributed by atoms with Gasteiger partial charge in [0, 0.05) is 34.0 Å². The van der Waals surface area contributed by atoms with Crippen LogP contribution in [0, 0.1) is 5.82 Å². The van der Waals surface area contributed by atoms with E-state index >= 15 is 0 Å². The second kappa shape index (κ2) is 9.56. The minimum Gasteiger partial charge on any atom is -0.484 e. The number of hydrogen-bond donors (Lipinski definition) is 1. The fourth-order valence-electron chi connectivity index (χ4n) is 3.83. The van der Waals surface area contributed by atoms with E-state index in [1.54, 1.807) is 0 Å². The summed E-state index contributed by atoms with van der Waals surface area (Å²) in [5.41, 5.74) is 3.04. The minimum absolute atomic E-state index is 0.0523. The quantitative estimate of drug-likeness (QED) is 0.292. The van der Waals surface area contributed by atoms with Gasteiger partial charge in [0.05, 0.1) is 5.75 Å². The number of aryl methyl sites for hydroxylation is 1. The summed E-state index contributed by atoms with van der Waals surface area (Å²) < 4.78 is 26.2. The van der Waals surface area contributed by atoms with E-state index in [1.807, 2.05) is 30.3 Å². The number of ether oxygens (including phenoxy) is 1. The van der Waals surface area contributed by atoms with Gasteiger partial charge in [0.2, 0.25) is 5.91 Å². The van der Waals surface area contributed by atoms with Gasteiger partial charge < -0.3 is 19.0 Å². The number of thioether (sulfide) groups is 1. The largest absolute Gasteiger partial charge is 0.484 e. The van der Waals surface area contributed by atoms with E-state index in [1.165, 1.54) is 29.8 Å². The monoisotopic (exact) mass is 476 g/mol. The number of benzene rings is 3. The normalized spacial score (nSPS) is 11.2. The molecule has 0 saturated carbocycles. The Balaban J connectivity index is 1.19. The molecule has 2 heterocycles. The van der Waals surface area contributed by atoms with E-state index in [0.29, 0.717) is 5.75 Å². The van der Waals surface area contributed by atoms with Crippen LogP contribution in [0.15, 0.2) is 76.4 Å². The van der Waals surface area contributed by atoms with Gasteiger partial charge in [-0.3, -0.25) is 4.79 Å². The van der Waals surface area contributed by atoms with Crippen molar-refractivity contribution in [3.05, 3.63) is 78.4 Å². The van der Waals surface area contributed by atoms with Crippen LogP contribution < -0.4 is 10.1 Å². The van der Waals surface area contributed by atoms with E-state index in [0.717, 1.165) is 40.3 Å². The first-order valence-electron chi connectivity index (χ1n) is 10.7. The third kappa shape index (κ3) is 4.60. The van der Waals surface area contributed by atoms with Crippen LogP contribution in [0.5, 0.6) is 5.75 Å². The maximum atomic E-state index is 13.0. The van der Waals surface area contributed by atoms with E-state index in [-0.39, 0.29) is 35.2 Å². The number of nitrogens with zero attached hydrogens (tertiary/aromatic N) is 3. The molecule has 0 aliphatic rings. The highest BCUT2D eigenvalue weighted by Gasteiger charge is 2.13. The SMILES string of the molecule is CCn1c2ccccc2c2cc(NC(=O)CSc3nnc(COc4ccc(F)cc4)o3)ccc21. The summed E-state index contributed by atoms with van der Waals surface area (Å²) in [6.07, 6.45) is 0. The summed E-state index contributed by atoms with van der Waals surface area (Å²) in [5.74, 6) is 0.368. The molecule has 34 heavy (non-hydrogen) atoms. The molecule has 172 valence electrons. The lowest BCUT2D eigenvalue weighted by Gasteiger charge is -2.06. The number of carbonyl (C=O) groups is 1. The molecule has 1 N–H and O–H groups in total. The molecular formula is C25H21FN4O3S. The Morgan fingerprint density at radius 1 is 1.06 bits per heavy atom. The number of halogens is 1. The molecule has 5 rings (SSSR count). The molecule has 0 aliphatic carbocycles. The number of aromatic nitrogens is 3. The van der Waals surface area contributed by atoms with Crippen molar-refractivity contribution in [1.29, 1.82) is 0 Å². The first kappa shape index (κ1) is 22.0. The predicted octanol–water partition coefficient (Wildman–Crippen LogP) is 5.65. The Morgan fingerprint density at radius 3 is 2.68 bits per heavy atom. The number of fused-ring (bicyclic) bond motifs is 3. The van der Waals surface area contributed by atoms with Crippen molar-refractivity contribution in [2.24, 2.45) is 0 Å². The standard InChI is InChI=1S/C25H21FN4O3S/c1-2-30-21-6-4-3-5-19(21)20-13-17(9-12-22(20)30)27-23(31)15-34-25-29-28-24(33-25)14-32-18-10-7-16(26)8-11-18/h3-13H,2,14-15H2,1H3,(H,27,31). The number of nitrogens with one attached hydrogen (secondary N) is 1. The van der Waals surface area contributed by atoms with E-state index in [2.05, 4.69) is 39.1 Å². The first-order chi connectivity index (χ1) is 16.6. The van der Waals surface area contributed by atoms with Gasteiger partial charge in [0.1, 0.15) is 11.6 Å². The highest BCUT2D eigenvalue weighted by molar-refractivity contribution is 7.99. The molecule has 0 atom stereocenters. The zero-order valence-electron chi connectivity index (χ0n) is 18.3. The molecule has 9 heteroatoms. The van der Waals surface area contributed by atoms with Crippen molar-refractivity contribution in [3.63, 3.8) is 0 Å². The van der Waals surface area contributed by atoms with Gasteiger partial charge in [0.15, 0.2) is 6.61 Å². The highest BCUT2D eigenvalue weighted by Crippen LogP contribution is 2.31. The van der Waals surface area contributed by atoms with Crippen LogP contribution in [0.4, 0.5) is 10.1 Å². The lowest BCUT2D eigenvalue weighted by Crippen LogP contribution is -2.13. The summed E-state index contributed by atoms with van der Waals surface area (Å²) in [4.78, 5) is 12.5. The Morgan fingerprint density at radius 2 is 1.85 bits per heavy atom. The predicted molar refractivity (Wildman–Crippen MR) is 130 cm³/mol. The maximum Gasteiger partial charge on any atom is 0.277 e. The Hall–Kier alpha value is -3.85. The average molecular weight is 477 g/mol. The van der Waals surface area contributed by atoms with Gasteiger partial charge in [-0.2, -0.15) is 0 Å². The molecule has 0 fully saturated rings. The lowest BCUT2D eigenvalue weighted by molar-refractivity contribution is -0.113. The van der Waals surface area contributed by atoms with Gasteiger partial charge in [0.25, 0.3) is 11.1 Å². The van der Waals surface area contributed by atoms with Crippen molar-refractivity contribution in [3.8, 4) is 5.75 Å². The number of para-hydroxylation sites is 1. The summed E-state index contributed by atoms with van der Waals surface area (Å²) in [6, 6.07) is 19.9. The molecule has 0 bridgehead atoms. The Bertz CT molecular complexity index is 1460. The molecule has 0 aliphatic heterocycles. The van der Waals surface area contributed by atoms with Crippen LogP contribution in [0.2, 0.25) is 0 Å². The number of anilines is 1. The summed E-state index contributed by atoms with van der Waals surface area (Å²) >= 11 is 1.14. The molecule has 0 radical (unpaired) electrons. The number of carbonyl (C=O) groups excluding carboxylic acids is 1. The van der Waals surface area contributed by atoms with Crippen LogP contribution in [-0.2, 0) is 17.9 Å². The van der Waals surface area contributed by atoms with Gasteiger partial charge >= 0.3 is 0 Å². The fraction of sp³-hybridized carbons (Fsp3) is 0.160. The van der Waals surface area contributed by atoms with Gasteiger partial charge in [-0.25, -0.2) is 4.39 Å². The minimum atomic E-state index is -0.338. The zero-order chi connectivity index (χ0) is 23.5. The van der Waals surface area contributed by atoms with Gasteiger partial charge in [-0.1, -0.05) is 30.0 Å². The summed E-state index contributed by atoms with van der Waals surface area (Å²) in [6.45, 7) is 3.04. The highest BCUT2D eigenvalue weighted by atomic mass is 32.2. The number of rotatable bonds is 8. The summed E-state index contributed by atoms with van der Waals surface area (Å²) in [5, 5.41) is 13.3. The van der Waals surface area contributed by atoms with Crippen molar-refractivity contribution < 1.29 is 18.3 Å². The first-order valence-corrected chi connectivity index (χ1v) is 11.7. The average Bonchev–Trinajstić information content (AvgIpc) is 3.44. The summed E-state index contributed by atoms with van der Waals surface area (Å²) in [7, 11) is 0. The van der Waals surface area contributed by atoms with Crippen LogP contribution in [0.1, 0.15) is 12.8 Å². The van der Waals surface area contributed by atoms with Crippen molar-refractivity contribution in [2.75, 3.05) is 11.1 Å². The van der Waals surface area contributed by atoms with Crippen LogP contribution >= 0.6 is 11.8 Å². The lowest BCUT2D eigenvalue weighted by atomic mass is 10.1. The maximum absolute atomic E-state index is 13.0. The molecule has 7 nitrogen and oxygen atoms in total. The third-order valence-corrected chi connectivity index (χ3v) is 6.14. The van der Waals surface area contributed by atoms with Gasteiger partial charge in [-0.05, 0) is 55.5 Å². The number of hydrogen-bond acceptors (Lipinski definition) is 6. The van der Waals surface area contributed by atoms with Crippen LogP contribution in [0.25, 0.3) is 21.8 Å². The fourth-order valence-corrected chi connectivity index (χ4v) is 4.41. The zero-order valence-corrected chi connectivity index (χ0v) is 19.1. The molecule has 2 aromatic heterocycles. The van der Waals surface area contributed by atoms with Gasteiger partial charge in [-0.15, -0.1) is 10.2 Å². The smallest absolute Gasteiger partial charge is 0.277 e. The topological polar surface area (TPSA) is 82.2 Å². The van der Waals surface area contributed by atoms with E-state index in [9.17, 15) is 9.18 Å². The number of amides is 1. The van der Waals surface area contributed by atoms with Crippen LogP contribution in [0.3, 0.4) is 0 Å². The van der Waals surface area contributed by atoms with Crippen molar-refractivity contribution >= 4 is 45.2 Å². The Labute approximate surface area is 198 Å². The Kier molecular flexibility index (Phi) is 6.18. The third-order valence-electron chi connectivity index (χ3n) is 5.32. The van der Waals surface area contributed by atoms with Crippen molar-refractivity contribution in [1.82, 2.24) is 14.8 Å². The second-order valence-corrected chi connectivity index (χ2v) is 8.46. The second-order valence-electron chi connectivity index (χ2n) is 7.53. The van der Waals surface area contributed by atoms with E-state index in [4.69, 9.17) is 9.15 Å². The van der Waals surface area contributed by atoms with Crippen LogP contribution in [-0.4, -0.2) is 26.4 Å².